The van der Waals surface area contributed by atoms with E-state index in [9.17, 15) is 0 Å². The van der Waals surface area contributed by atoms with Crippen LogP contribution in [-0.4, -0.2) is 24.2 Å². The Labute approximate surface area is 124 Å². The molecule has 6 heteroatoms. The summed E-state index contributed by atoms with van der Waals surface area (Å²) < 4.78 is 10.7. The number of aryl methyl sites for hydroxylation is 1. The minimum Gasteiger partial charge on any atom is -0.497 e. The van der Waals surface area contributed by atoms with Crippen molar-refractivity contribution >= 4 is 5.82 Å². The number of ether oxygens (including phenoxy) is 2. The minimum absolute atomic E-state index is 0.557. The smallest absolute Gasteiger partial charge is 0.165 e. The van der Waals surface area contributed by atoms with Gasteiger partial charge in [0, 0.05) is 11.3 Å². The number of hydrazine groups is 1. The molecule has 0 radical (unpaired) electrons. The summed E-state index contributed by atoms with van der Waals surface area (Å²) in [6, 6.07) is 5.52. The number of methoxy groups -OCH3 is 2. The summed E-state index contributed by atoms with van der Waals surface area (Å²) in [5, 5.41) is 0. The van der Waals surface area contributed by atoms with Crippen LogP contribution in [0.3, 0.4) is 0 Å². The van der Waals surface area contributed by atoms with Gasteiger partial charge in [-0.3, -0.25) is 0 Å². The quantitative estimate of drug-likeness (QED) is 0.649. The lowest BCUT2D eigenvalue weighted by Crippen LogP contribution is -2.13. The second-order valence-corrected chi connectivity index (χ2v) is 4.53. The van der Waals surface area contributed by atoms with Crippen LogP contribution in [0.5, 0.6) is 11.5 Å². The number of nitrogen functional groups attached to an aromatic ring is 1. The van der Waals surface area contributed by atoms with Crippen LogP contribution >= 0.6 is 0 Å². The molecule has 6 nitrogen and oxygen atoms in total. The van der Waals surface area contributed by atoms with Crippen molar-refractivity contribution in [2.75, 3.05) is 19.6 Å². The lowest BCUT2D eigenvalue weighted by atomic mass is 10.1. The van der Waals surface area contributed by atoms with Crippen LogP contribution in [0.4, 0.5) is 5.82 Å². The van der Waals surface area contributed by atoms with Crippen LogP contribution in [-0.2, 0) is 6.42 Å². The highest BCUT2D eigenvalue weighted by Gasteiger charge is 2.15. The van der Waals surface area contributed by atoms with Gasteiger partial charge in [-0.2, -0.15) is 0 Å². The minimum atomic E-state index is 0.557. The standard InChI is InChI=1S/C15H20N4O2/c1-5-12-9(2)14(19-16)18-15(17-12)11-8-10(20-3)6-7-13(11)21-4/h6-8H,5,16H2,1-4H3,(H,17,18,19). The number of nitrogens with two attached hydrogens (primary N) is 1. The zero-order chi connectivity index (χ0) is 15.4. The zero-order valence-corrected chi connectivity index (χ0v) is 12.7. The Hall–Kier alpha value is -2.34. The van der Waals surface area contributed by atoms with Crippen LogP contribution in [0.1, 0.15) is 18.2 Å². The molecule has 0 aliphatic heterocycles. The largest absolute Gasteiger partial charge is 0.497 e. The highest BCUT2D eigenvalue weighted by molar-refractivity contribution is 5.68. The second-order valence-electron chi connectivity index (χ2n) is 4.53. The van der Waals surface area contributed by atoms with Gasteiger partial charge in [0.1, 0.15) is 17.3 Å². The highest BCUT2D eigenvalue weighted by atomic mass is 16.5. The van der Waals surface area contributed by atoms with Crippen LogP contribution in [0.15, 0.2) is 18.2 Å². The van der Waals surface area contributed by atoms with Crippen LogP contribution < -0.4 is 20.7 Å². The Bertz CT molecular complexity index is 619. The summed E-state index contributed by atoms with van der Waals surface area (Å²) in [6.45, 7) is 3.99. The normalized spacial score (nSPS) is 10.3. The van der Waals surface area contributed by atoms with Gasteiger partial charge in [0.2, 0.25) is 0 Å². The maximum Gasteiger partial charge on any atom is 0.165 e. The second kappa shape index (κ2) is 6.41. The van der Waals surface area contributed by atoms with E-state index < -0.39 is 0 Å². The maximum atomic E-state index is 5.55. The molecule has 0 unspecified atom stereocenters. The fraction of sp³-hybridized carbons (Fsp3) is 0.333. The first-order valence-corrected chi connectivity index (χ1v) is 6.71. The fourth-order valence-electron chi connectivity index (χ4n) is 2.16. The predicted octanol–water partition coefficient (Wildman–Crippen LogP) is 2.32. The van der Waals surface area contributed by atoms with Crippen LogP contribution in [0.2, 0.25) is 0 Å². The number of aromatic nitrogens is 2. The molecule has 2 rings (SSSR count). The average molecular weight is 288 g/mol. The fourth-order valence-corrected chi connectivity index (χ4v) is 2.16. The lowest BCUT2D eigenvalue weighted by Gasteiger charge is -2.13. The Kier molecular flexibility index (Phi) is 4.59. The Balaban J connectivity index is 2.65. The van der Waals surface area contributed by atoms with E-state index in [4.69, 9.17) is 15.3 Å². The molecule has 0 amide bonds. The summed E-state index contributed by atoms with van der Waals surface area (Å²) in [5.74, 6) is 8.12. The van der Waals surface area contributed by atoms with Gasteiger partial charge in [-0.05, 0) is 31.5 Å². The van der Waals surface area contributed by atoms with Crippen molar-refractivity contribution < 1.29 is 9.47 Å². The molecule has 0 aliphatic rings. The SMILES string of the molecule is CCc1nc(-c2cc(OC)ccc2OC)nc(NN)c1C. The van der Waals surface area contributed by atoms with Gasteiger partial charge in [-0.25, -0.2) is 15.8 Å². The van der Waals surface area contributed by atoms with Crippen LogP contribution in [0, 0.1) is 6.92 Å². The molecular formula is C15H20N4O2. The third kappa shape index (κ3) is 2.90. The monoisotopic (exact) mass is 288 g/mol. The third-order valence-corrected chi connectivity index (χ3v) is 3.37. The number of anilines is 1. The molecule has 1 aromatic carbocycles. The van der Waals surface area contributed by atoms with E-state index in [1.807, 2.05) is 32.0 Å². The van der Waals surface area contributed by atoms with Crippen molar-refractivity contribution in [2.24, 2.45) is 5.84 Å². The number of benzene rings is 1. The van der Waals surface area contributed by atoms with Gasteiger partial charge < -0.3 is 14.9 Å². The van der Waals surface area contributed by atoms with Gasteiger partial charge >= 0.3 is 0 Å². The number of nitrogens with zero attached hydrogens (tertiary/aromatic N) is 2. The van der Waals surface area contributed by atoms with Crippen LogP contribution in [0.25, 0.3) is 11.4 Å². The van der Waals surface area contributed by atoms with E-state index in [0.717, 1.165) is 29.0 Å². The van der Waals surface area contributed by atoms with Gasteiger partial charge in [0.05, 0.1) is 19.8 Å². The highest BCUT2D eigenvalue weighted by Crippen LogP contribution is 2.32. The van der Waals surface area contributed by atoms with Crippen molar-refractivity contribution in [3.05, 3.63) is 29.5 Å². The predicted molar refractivity (Wildman–Crippen MR) is 82.5 cm³/mol. The average Bonchev–Trinajstić information content (AvgIpc) is 2.54. The van der Waals surface area contributed by atoms with E-state index in [0.29, 0.717) is 17.4 Å². The number of nitrogens with one attached hydrogen (secondary N) is 1. The summed E-state index contributed by atoms with van der Waals surface area (Å²) in [5.41, 5.74) is 5.28. The molecule has 2 aromatic rings. The summed E-state index contributed by atoms with van der Waals surface area (Å²) >= 11 is 0. The first-order valence-electron chi connectivity index (χ1n) is 6.71. The van der Waals surface area contributed by atoms with E-state index >= 15 is 0 Å². The molecule has 0 bridgehead atoms. The number of hydrogen-bond donors (Lipinski definition) is 2. The maximum absolute atomic E-state index is 5.55. The molecule has 3 N–H and O–H groups in total. The molecule has 0 spiro atoms. The molecule has 1 aromatic heterocycles. The van der Waals surface area contributed by atoms with Gasteiger partial charge in [-0.1, -0.05) is 6.92 Å². The van der Waals surface area contributed by atoms with Gasteiger partial charge in [0.15, 0.2) is 5.82 Å². The molecule has 0 saturated carbocycles. The summed E-state index contributed by atoms with van der Waals surface area (Å²) in [7, 11) is 3.23. The first kappa shape index (κ1) is 15.1. The molecule has 112 valence electrons. The Morgan fingerprint density at radius 3 is 2.52 bits per heavy atom. The number of rotatable bonds is 5. The van der Waals surface area contributed by atoms with Gasteiger partial charge in [-0.15, -0.1) is 0 Å². The first-order chi connectivity index (χ1) is 10.1. The van der Waals surface area contributed by atoms with Crippen molar-refractivity contribution in [3.63, 3.8) is 0 Å². The topological polar surface area (TPSA) is 82.3 Å². The summed E-state index contributed by atoms with van der Waals surface area (Å²) in [6.07, 6.45) is 0.794. The van der Waals surface area contributed by atoms with E-state index in [-0.39, 0.29) is 0 Å². The molecule has 0 atom stereocenters. The Morgan fingerprint density at radius 1 is 1.19 bits per heavy atom. The molecule has 0 aliphatic carbocycles. The molecule has 0 fully saturated rings. The van der Waals surface area contributed by atoms with Crippen molar-refractivity contribution in [1.29, 1.82) is 0 Å². The molecule has 21 heavy (non-hydrogen) atoms. The molecule has 1 heterocycles. The number of hydrogen-bond acceptors (Lipinski definition) is 6. The van der Waals surface area contributed by atoms with E-state index in [1.165, 1.54) is 0 Å². The van der Waals surface area contributed by atoms with Crippen molar-refractivity contribution in [3.8, 4) is 22.9 Å². The zero-order valence-electron chi connectivity index (χ0n) is 12.7. The van der Waals surface area contributed by atoms with Crippen molar-refractivity contribution in [1.82, 2.24) is 9.97 Å². The van der Waals surface area contributed by atoms with E-state index in [2.05, 4.69) is 15.4 Å². The van der Waals surface area contributed by atoms with Crippen molar-refractivity contribution in [2.45, 2.75) is 20.3 Å². The van der Waals surface area contributed by atoms with Gasteiger partial charge in [0.25, 0.3) is 0 Å². The third-order valence-electron chi connectivity index (χ3n) is 3.37. The Morgan fingerprint density at radius 2 is 1.95 bits per heavy atom. The van der Waals surface area contributed by atoms with E-state index in [1.54, 1.807) is 14.2 Å². The summed E-state index contributed by atoms with van der Waals surface area (Å²) in [4.78, 5) is 9.08. The molecular weight excluding hydrogens is 268 g/mol. The lowest BCUT2D eigenvalue weighted by molar-refractivity contribution is 0.404. The molecule has 0 saturated heterocycles.